The summed E-state index contributed by atoms with van der Waals surface area (Å²) in [6.45, 7) is 0.449. The molecule has 3 rings (SSSR count). The van der Waals surface area contributed by atoms with E-state index in [-0.39, 0.29) is 11.7 Å². The molecule has 26 heavy (non-hydrogen) atoms. The maximum Gasteiger partial charge on any atom is 0.230 e. The molecule has 0 unspecified atom stereocenters. The van der Waals surface area contributed by atoms with Gasteiger partial charge in [-0.15, -0.1) is 0 Å². The largest absolute Gasteiger partial charge is 0.497 e. The molecule has 0 fully saturated rings. The van der Waals surface area contributed by atoms with Gasteiger partial charge in [0.05, 0.1) is 18.6 Å². The number of hydrogen-bond acceptors (Lipinski definition) is 4. The van der Waals surface area contributed by atoms with Crippen molar-refractivity contribution in [2.75, 3.05) is 12.9 Å². The minimum atomic E-state index is -0.0600. The molecule has 0 radical (unpaired) electrons. The molecule has 0 spiro atoms. The number of imidazole rings is 1. The van der Waals surface area contributed by atoms with Crippen molar-refractivity contribution in [3.63, 3.8) is 0 Å². The number of nitrogens with zero attached hydrogens (tertiary/aromatic N) is 2. The van der Waals surface area contributed by atoms with Crippen molar-refractivity contribution in [2.24, 2.45) is 0 Å². The van der Waals surface area contributed by atoms with Crippen LogP contribution >= 0.6 is 23.4 Å². The Morgan fingerprint density at radius 3 is 2.92 bits per heavy atom. The fraction of sp³-hybridized carbons (Fsp3) is 0.158. The Morgan fingerprint density at radius 1 is 1.27 bits per heavy atom. The smallest absolute Gasteiger partial charge is 0.230 e. The van der Waals surface area contributed by atoms with Crippen LogP contribution in [-0.4, -0.2) is 28.3 Å². The van der Waals surface area contributed by atoms with Gasteiger partial charge in [-0.2, -0.15) is 0 Å². The number of hydrogen-bond donors (Lipinski definition) is 1. The van der Waals surface area contributed by atoms with E-state index in [1.54, 1.807) is 19.4 Å². The van der Waals surface area contributed by atoms with Crippen LogP contribution in [0.1, 0.15) is 5.56 Å². The summed E-state index contributed by atoms with van der Waals surface area (Å²) in [7, 11) is 1.63. The van der Waals surface area contributed by atoms with Crippen LogP contribution < -0.4 is 10.1 Å². The zero-order valence-corrected chi connectivity index (χ0v) is 15.8. The maximum atomic E-state index is 12.1. The summed E-state index contributed by atoms with van der Waals surface area (Å²) >= 11 is 7.33. The van der Waals surface area contributed by atoms with Gasteiger partial charge >= 0.3 is 0 Å². The van der Waals surface area contributed by atoms with Gasteiger partial charge in [-0.05, 0) is 29.8 Å². The Kier molecular flexibility index (Phi) is 6.20. The lowest BCUT2D eigenvalue weighted by Crippen LogP contribution is -2.24. The van der Waals surface area contributed by atoms with Gasteiger partial charge < -0.3 is 10.1 Å². The number of aromatic nitrogens is 2. The first-order valence-electron chi connectivity index (χ1n) is 7.97. The lowest BCUT2D eigenvalue weighted by Gasteiger charge is -2.09. The Bertz CT molecular complexity index is 898. The van der Waals surface area contributed by atoms with Crippen LogP contribution in [0.4, 0.5) is 0 Å². The van der Waals surface area contributed by atoms with Crippen LogP contribution in [0.3, 0.4) is 0 Å². The maximum absolute atomic E-state index is 12.1. The molecule has 2 aromatic carbocycles. The summed E-state index contributed by atoms with van der Waals surface area (Å²) in [5.74, 6) is 0.989. The molecule has 0 aliphatic carbocycles. The minimum Gasteiger partial charge on any atom is -0.497 e. The Morgan fingerprint density at radius 2 is 2.12 bits per heavy atom. The molecule has 134 valence electrons. The molecule has 0 aliphatic heterocycles. The van der Waals surface area contributed by atoms with Crippen molar-refractivity contribution in [3.8, 4) is 11.4 Å². The van der Waals surface area contributed by atoms with E-state index in [0.29, 0.717) is 11.6 Å². The summed E-state index contributed by atoms with van der Waals surface area (Å²) in [6, 6.07) is 15.1. The predicted molar refractivity (Wildman–Crippen MR) is 104 cm³/mol. The Balaban J connectivity index is 1.58. The van der Waals surface area contributed by atoms with Crippen molar-refractivity contribution in [1.82, 2.24) is 14.9 Å². The van der Waals surface area contributed by atoms with Crippen LogP contribution in [0.5, 0.6) is 5.75 Å². The number of halogens is 1. The fourth-order valence-corrected chi connectivity index (χ4v) is 3.40. The second kappa shape index (κ2) is 8.78. The highest BCUT2D eigenvalue weighted by molar-refractivity contribution is 7.99. The molecule has 5 nitrogen and oxygen atoms in total. The number of methoxy groups -OCH3 is 1. The van der Waals surface area contributed by atoms with Gasteiger partial charge in [-0.25, -0.2) is 4.98 Å². The van der Waals surface area contributed by atoms with E-state index in [4.69, 9.17) is 16.3 Å². The molecule has 7 heteroatoms. The molecular weight excluding hydrogens is 370 g/mol. The highest BCUT2D eigenvalue weighted by Gasteiger charge is 2.10. The van der Waals surface area contributed by atoms with Crippen molar-refractivity contribution < 1.29 is 9.53 Å². The lowest BCUT2D eigenvalue weighted by atomic mass is 10.2. The second-order valence-electron chi connectivity index (χ2n) is 5.48. The molecule has 3 aromatic rings. The molecule has 0 saturated carbocycles. The third-order valence-corrected chi connectivity index (χ3v) is 4.85. The van der Waals surface area contributed by atoms with Gasteiger partial charge in [-0.3, -0.25) is 9.36 Å². The highest BCUT2D eigenvalue weighted by atomic mass is 35.5. The normalized spacial score (nSPS) is 10.5. The van der Waals surface area contributed by atoms with Crippen molar-refractivity contribution in [2.45, 2.75) is 11.7 Å². The average molecular weight is 388 g/mol. The summed E-state index contributed by atoms with van der Waals surface area (Å²) < 4.78 is 7.19. The molecule has 1 N–H and O–H groups in total. The SMILES string of the molecule is COc1cccc(-n2ccnc2SCC(=O)NCc2cccc(Cl)c2)c1. The minimum absolute atomic E-state index is 0.0600. The van der Waals surface area contributed by atoms with Gasteiger partial charge in [-0.1, -0.05) is 41.6 Å². The Labute approximate surface area is 161 Å². The van der Waals surface area contributed by atoms with Crippen LogP contribution in [0.2, 0.25) is 5.02 Å². The summed E-state index contributed by atoms with van der Waals surface area (Å²) in [4.78, 5) is 16.5. The van der Waals surface area contributed by atoms with Crippen molar-refractivity contribution >= 4 is 29.3 Å². The topological polar surface area (TPSA) is 56.2 Å². The third-order valence-electron chi connectivity index (χ3n) is 3.65. The molecular formula is C19H18ClN3O2S. The van der Waals surface area contributed by atoms with Crippen LogP contribution in [-0.2, 0) is 11.3 Å². The molecule has 0 bridgehead atoms. The quantitative estimate of drug-likeness (QED) is 0.624. The third kappa shape index (κ3) is 4.80. The van der Waals surface area contributed by atoms with E-state index < -0.39 is 0 Å². The number of nitrogens with one attached hydrogen (secondary N) is 1. The summed E-state index contributed by atoms with van der Waals surface area (Å²) in [6.07, 6.45) is 3.58. The number of ether oxygens (including phenoxy) is 1. The summed E-state index contributed by atoms with van der Waals surface area (Å²) in [5.41, 5.74) is 1.90. The molecule has 1 aromatic heterocycles. The molecule has 0 aliphatic rings. The molecule has 0 atom stereocenters. The average Bonchev–Trinajstić information content (AvgIpc) is 3.13. The second-order valence-corrected chi connectivity index (χ2v) is 6.86. The number of amides is 1. The van der Waals surface area contributed by atoms with E-state index in [1.807, 2.05) is 53.2 Å². The molecule has 1 amide bonds. The van der Waals surface area contributed by atoms with E-state index in [0.717, 1.165) is 22.2 Å². The fourth-order valence-electron chi connectivity index (χ4n) is 2.38. The van der Waals surface area contributed by atoms with Crippen molar-refractivity contribution in [3.05, 3.63) is 71.5 Å². The number of rotatable bonds is 7. The highest BCUT2D eigenvalue weighted by Crippen LogP contribution is 2.23. The number of carbonyl (C=O) groups excluding carboxylic acids is 1. The summed E-state index contributed by atoms with van der Waals surface area (Å²) in [5, 5.41) is 4.30. The number of thioether (sulfide) groups is 1. The first-order chi connectivity index (χ1) is 12.7. The zero-order valence-electron chi connectivity index (χ0n) is 14.2. The molecule has 1 heterocycles. The monoisotopic (exact) mass is 387 g/mol. The Hall–Kier alpha value is -2.44. The first-order valence-corrected chi connectivity index (χ1v) is 9.34. The van der Waals surface area contributed by atoms with Gasteiger partial charge in [0.15, 0.2) is 5.16 Å². The molecule has 0 saturated heterocycles. The first kappa shape index (κ1) is 18.4. The van der Waals surface area contributed by atoms with Gasteiger partial charge in [0.2, 0.25) is 5.91 Å². The van der Waals surface area contributed by atoms with Crippen LogP contribution in [0.15, 0.2) is 66.1 Å². The van der Waals surface area contributed by atoms with E-state index in [1.165, 1.54) is 11.8 Å². The zero-order chi connectivity index (χ0) is 18.4. The van der Waals surface area contributed by atoms with Gasteiger partial charge in [0.1, 0.15) is 5.75 Å². The predicted octanol–water partition coefficient (Wildman–Crippen LogP) is 3.94. The lowest BCUT2D eigenvalue weighted by molar-refractivity contribution is -0.118. The standard InChI is InChI=1S/C19H18ClN3O2S/c1-25-17-7-3-6-16(11-17)23-9-8-21-19(23)26-13-18(24)22-12-14-4-2-5-15(20)10-14/h2-11H,12-13H2,1H3,(H,22,24). The van der Waals surface area contributed by atoms with Crippen LogP contribution in [0.25, 0.3) is 5.69 Å². The van der Waals surface area contributed by atoms with Gasteiger partial charge in [0, 0.05) is 30.0 Å². The van der Waals surface area contributed by atoms with Gasteiger partial charge in [0.25, 0.3) is 0 Å². The number of benzene rings is 2. The van der Waals surface area contributed by atoms with E-state index in [9.17, 15) is 4.79 Å². The van der Waals surface area contributed by atoms with E-state index >= 15 is 0 Å². The van der Waals surface area contributed by atoms with Crippen LogP contribution in [0, 0.1) is 0 Å². The van der Waals surface area contributed by atoms with Crippen molar-refractivity contribution in [1.29, 1.82) is 0 Å². The number of carbonyl (C=O) groups is 1. The van der Waals surface area contributed by atoms with E-state index in [2.05, 4.69) is 10.3 Å².